The number of nitrogens with one attached hydrogen (secondary N) is 2. The Morgan fingerprint density at radius 2 is 0.861 bits per heavy atom. The number of amides is 2. The number of carbonyl (C=O) groups excluding carboxylic acids is 2. The van der Waals surface area contributed by atoms with Gasteiger partial charge in [-0.05, 0) is 51.6 Å². The average Bonchev–Trinajstić information content (AvgIpc) is 2.88. The lowest BCUT2D eigenvalue weighted by atomic mass is 10.1. The third kappa shape index (κ3) is 19.9. The molecule has 0 aromatic rings. The number of hydrogen-bond acceptors (Lipinski definition) is 6. The molecule has 6 N–H and O–H groups in total. The van der Waals surface area contributed by atoms with Crippen molar-refractivity contribution in [1.82, 2.24) is 10.6 Å². The first-order valence-corrected chi connectivity index (χ1v) is 14.8. The number of nitrogens with two attached hydrogens (primary N) is 2. The summed E-state index contributed by atoms with van der Waals surface area (Å²) in [6, 6.07) is 0. The van der Waals surface area contributed by atoms with Gasteiger partial charge in [-0.25, -0.2) is 0 Å². The zero-order valence-electron chi connectivity index (χ0n) is 23.5. The summed E-state index contributed by atoms with van der Waals surface area (Å²) in [5.74, 6) is -0.537. The van der Waals surface area contributed by atoms with Crippen molar-refractivity contribution in [2.45, 2.75) is 129 Å². The predicted molar refractivity (Wildman–Crippen MR) is 149 cm³/mol. The number of ether oxygens (including phenoxy) is 2. The highest BCUT2D eigenvalue weighted by molar-refractivity contribution is 5.91. The Labute approximate surface area is 221 Å². The fourth-order valence-corrected chi connectivity index (χ4v) is 3.98. The van der Waals surface area contributed by atoms with Crippen LogP contribution >= 0.6 is 0 Å². The van der Waals surface area contributed by atoms with Crippen LogP contribution in [0.4, 0.5) is 0 Å². The largest absolute Gasteiger partial charge is 0.365 e. The summed E-state index contributed by atoms with van der Waals surface area (Å²) in [7, 11) is 0. The van der Waals surface area contributed by atoms with Crippen molar-refractivity contribution in [3.05, 3.63) is 0 Å². The van der Waals surface area contributed by atoms with Gasteiger partial charge in [0.05, 0.1) is 0 Å². The third-order valence-corrected chi connectivity index (χ3v) is 6.18. The third-order valence-electron chi connectivity index (χ3n) is 6.18. The van der Waals surface area contributed by atoms with Crippen LogP contribution in [0.5, 0.6) is 0 Å². The fourth-order valence-electron chi connectivity index (χ4n) is 3.98. The number of hydrogen-bond donors (Lipinski definition) is 4. The number of rotatable bonds is 27. The van der Waals surface area contributed by atoms with Crippen molar-refractivity contribution in [2.75, 3.05) is 39.4 Å². The van der Waals surface area contributed by atoms with E-state index in [1.54, 1.807) is 0 Å². The van der Waals surface area contributed by atoms with E-state index in [9.17, 15) is 9.59 Å². The van der Waals surface area contributed by atoms with Crippen LogP contribution in [0.15, 0.2) is 0 Å². The molecule has 2 amide bonds. The van der Waals surface area contributed by atoms with Gasteiger partial charge < -0.3 is 31.6 Å². The van der Waals surface area contributed by atoms with Gasteiger partial charge in [0.25, 0.3) is 11.8 Å². The maximum atomic E-state index is 12.9. The fraction of sp³-hybridized carbons (Fsp3) is 0.929. The standard InChI is InChI=1S/C28H58N4O4/c1-3-21-31-27(33)25(35-23-17-13-9-5-7-11-15-19-29)26(28(34)32-22-4-2)36-24-18-14-10-6-8-12-16-20-30/h25-26H,3-24,29-30H2,1-2H3,(H,31,33)(H,32,34)/t25-,26-/m1/s1. The van der Waals surface area contributed by atoms with Crippen LogP contribution in [0, 0.1) is 0 Å². The van der Waals surface area contributed by atoms with Gasteiger partial charge in [0, 0.05) is 26.3 Å². The van der Waals surface area contributed by atoms with Gasteiger partial charge in [0.1, 0.15) is 0 Å². The van der Waals surface area contributed by atoms with E-state index in [1.807, 2.05) is 13.8 Å². The molecule has 0 rings (SSSR count). The van der Waals surface area contributed by atoms with E-state index in [2.05, 4.69) is 10.6 Å². The molecule has 0 saturated heterocycles. The van der Waals surface area contributed by atoms with Crippen LogP contribution in [0.1, 0.15) is 117 Å². The zero-order valence-corrected chi connectivity index (χ0v) is 23.5. The van der Waals surface area contributed by atoms with Gasteiger partial charge in [-0.1, -0.05) is 78.1 Å². The molecular weight excluding hydrogens is 456 g/mol. The van der Waals surface area contributed by atoms with Gasteiger partial charge in [-0.15, -0.1) is 0 Å². The van der Waals surface area contributed by atoms with E-state index >= 15 is 0 Å². The summed E-state index contributed by atoms with van der Waals surface area (Å²) >= 11 is 0. The quantitative estimate of drug-likeness (QED) is 0.122. The van der Waals surface area contributed by atoms with Crippen LogP contribution in [0.2, 0.25) is 0 Å². The Bertz CT molecular complexity index is 464. The van der Waals surface area contributed by atoms with E-state index in [1.165, 1.54) is 38.5 Å². The Hall–Kier alpha value is -1.22. The Morgan fingerprint density at radius 1 is 0.556 bits per heavy atom. The van der Waals surface area contributed by atoms with E-state index in [-0.39, 0.29) is 11.8 Å². The SMILES string of the molecule is CCCNC(=O)[C@H](OCCCCCCCCCN)[C@@H](OCCCCCCCCCN)C(=O)NCCC. The van der Waals surface area contributed by atoms with Gasteiger partial charge in [-0.3, -0.25) is 9.59 Å². The van der Waals surface area contributed by atoms with Crippen LogP contribution < -0.4 is 22.1 Å². The van der Waals surface area contributed by atoms with Gasteiger partial charge in [0.15, 0.2) is 12.2 Å². The lowest BCUT2D eigenvalue weighted by molar-refractivity contribution is -0.157. The summed E-state index contributed by atoms with van der Waals surface area (Å²) in [6.45, 7) is 7.51. The molecule has 36 heavy (non-hydrogen) atoms. The lowest BCUT2D eigenvalue weighted by Crippen LogP contribution is -2.52. The Morgan fingerprint density at radius 3 is 1.17 bits per heavy atom. The molecule has 0 aliphatic rings. The number of unbranched alkanes of at least 4 members (excludes halogenated alkanes) is 12. The maximum Gasteiger partial charge on any atom is 0.252 e. The molecule has 8 heteroatoms. The molecule has 214 valence electrons. The minimum Gasteiger partial charge on any atom is -0.365 e. The maximum absolute atomic E-state index is 12.9. The zero-order chi connectivity index (χ0) is 26.7. The molecule has 0 radical (unpaired) electrons. The van der Waals surface area contributed by atoms with E-state index in [0.29, 0.717) is 26.3 Å². The second kappa shape index (κ2) is 26.8. The minimum atomic E-state index is -0.936. The highest BCUT2D eigenvalue weighted by atomic mass is 16.5. The van der Waals surface area contributed by atoms with E-state index < -0.39 is 12.2 Å². The second-order valence-corrected chi connectivity index (χ2v) is 9.69. The van der Waals surface area contributed by atoms with Crippen molar-refractivity contribution in [2.24, 2.45) is 11.5 Å². The average molecular weight is 515 g/mol. The van der Waals surface area contributed by atoms with Crippen molar-refractivity contribution in [3.8, 4) is 0 Å². The van der Waals surface area contributed by atoms with E-state index in [4.69, 9.17) is 20.9 Å². The lowest BCUT2D eigenvalue weighted by Gasteiger charge is -2.26. The van der Waals surface area contributed by atoms with Crippen LogP contribution in [0.25, 0.3) is 0 Å². The molecule has 0 heterocycles. The molecule has 0 saturated carbocycles. The molecule has 0 bridgehead atoms. The summed E-state index contributed by atoms with van der Waals surface area (Å²) in [6.07, 6.45) is 15.2. The summed E-state index contributed by atoms with van der Waals surface area (Å²) < 4.78 is 12.0. The number of carbonyl (C=O) groups is 2. The van der Waals surface area contributed by atoms with Gasteiger partial charge in [0.2, 0.25) is 0 Å². The summed E-state index contributed by atoms with van der Waals surface area (Å²) in [4.78, 5) is 25.9. The van der Waals surface area contributed by atoms with E-state index in [0.717, 1.165) is 77.3 Å². The highest BCUT2D eigenvalue weighted by Crippen LogP contribution is 2.13. The van der Waals surface area contributed by atoms with Crippen molar-refractivity contribution in [1.29, 1.82) is 0 Å². The van der Waals surface area contributed by atoms with Crippen LogP contribution in [0.3, 0.4) is 0 Å². The summed E-state index contributed by atoms with van der Waals surface area (Å²) in [5.41, 5.74) is 11.1. The van der Waals surface area contributed by atoms with Crippen molar-refractivity contribution < 1.29 is 19.1 Å². The monoisotopic (exact) mass is 514 g/mol. The van der Waals surface area contributed by atoms with Gasteiger partial charge in [-0.2, -0.15) is 0 Å². The minimum absolute atomic E-state index is 0.268. The Balaban J connectivity index is 4.74. The van der Waals surface area contributed by atoms with Crippen LogP contribution in [-0.4, -0.2) is 63.4 Å². The normalized spacial score (nSPS) is 12.9. The molecule has 0 aromatic heterocycles. The van der Waals surface area contributed by atoms with Gasteiger partial charge >= 0.3 is 0 Å². The molecule has 0 aliphatic heterocycles. The summed E-state index contributed by atoms with van der Waals surface area (Å²) in [5, 5.41) is 5.79. The molecule has 0 spiro atoms. The molecule has 0 aromatic carbocycles. The van der Waals surface area contributed by atoms with Crippen LogP contribution in [-0.2, 0) is 19.1 Å². The smallest absolute Gasteiger partial charge is 0.252 e. The Kier molecular flexibility index (Phi) is 25.9. The molecule has 2 atom stereocenters. The first-order valence-electron chi connectivity index (χ1n) is 14.8. The predicted octanol–water partition coefficient (Wildman–Crippen LogP) is 4.19. The molecular formula is C28H58N4O4. The van der Waals surface area contributed by atoms with Crippen molar-refractivity contribution in [3.63, 3.8) is 0 Å². The molecule has 0 unspecified atom stereocenters. The second-order valence-electron chi connectivity index (χ2n) is 9.69. The molecule has 0 aliphatic carbocycles. The molecule has 0 fully saturated rings. The first kappa shape index (κ1) is 34.8. The highest BCUT2D eigenvalue weighted by Gasteiger charge is 2.35. The topological polar surface area (TPSA) is 129 Å². The van der Waals surface area contributed by atoms with Crippen molar-refractivity contribution >= 4 is 11.8 Å². The first-order chi connectivity index (χ1) is 17.6. The molecule has 8 nitrogen and oxygen atoms in total.